The molecule has 0 saturated heterocycles. The molecule has 9 aromatic carbocycles. The molecule has 0 spiro atoms. The first-order valence-electron chi connectivity index (χ1n) is 17.9. The Morgan fingerprint density at radius 2 is 0.808 bits per heavy atom. The Bertz CT molecular complexity index is 3140. The average Bonchev–Trinajstić information content (AvgIpc) is 3.81. The van der Waals surface area contributed by atoms with Gasteiger partial charge < -0.3 is 9.13 Å². The number of fused-ring (bicyclic) bond motifs is 11. The highest BCUT2D eigenvalue weighted by Crippen LogP contribution is 2.41. The van der Waals surface area contributed by atoms with Crippen molar-refractivity contribution in [3.8, 4) is 33.6 Å². The van der Waals surface area contributed by atoms with E-state index in [0.29, 0.717) is 0 Å². The Labute approximate surface area is 301 Å². The molecule has 0 aliphatic rings. The third-order valence-electron chi connectivity index (χ3n) is 10.9. The Morgan fingerprint density at radius 1 is 0.269 bits per heavy atom. The molecule has 242 valence electrons. The molecule has 2 nitrogen and oxygen atoms in total. The van der Waals surface area contributed by atoms with Crippen LogP contribution in [0.1, 0.15) is 0 Å². The van der Waals surface area contributed by atoms with Crippen LogP contribution >= 0.6 is 0 Å². The van der Waals surface area contributed by atoms with Crippen molar-refractivity contribution < 1.29 is 0 Å². The molecule has 0 atom stereocenters. The maximum atomic E-state index is 2.46. The van der Waals surface area contributed by atoms with Gasteiger partial charge in [0.25, 0.3) is 0 Å². The molecular formula is C50H32N2. The lowest BCUT2D eigenvalue weighted by Crippen LogP contribution is -1.95. The first-order chi connectivity index (χ1) is 25.8. The summed E-state index contributed by atoms with van der Waals surface area (Å²) in [7, 11) is 0. The minimum Gasteiger partial charge on any atom is -0.316 e. The molecule has 11 rings (SSSR count). The van der Waals surface area contributed by atoms with E-state index in [9.17, 15) is 0 Å². The third-order valence-corrected chi connectivity index (χ3v) is 10.9. The molecule has 0 bridgehead atoms. The van der Waals surface area contributed by atoms with Crippen LogP contribution < -0.4 is 0 Å². The SMILES string of the molecule is c1ccc(-c2ccc3c4ccc(-c5cccc(-n6c7ccccc7c7ccc8c(ccn8-c8ccccc8)c76)c5)cc4c4ccccc4c3c2)cc1. The van der Waals surface area contributed by atoms with E-state index in [2.05, 4.69) is 203 Å². The van der Waals surface area contributed by atoms with Crippen LogP contribution in [0.5, 0.6) is 0 Å². The molecule has 0 unspecified atom stereocenters. The predicted molar refractivity (Wildman–Crippen MR) is 221 cm³/mol. The summed E-state index contributed by atoms with van der Waals surface area (Å²) in [6, 6.07) is 68.8. The monoisotopic (exact) mass is 660 g/mol. The molecule has 2 aromatic heterocycles. The lowest BCUT2D eigenvalue weighted by molar-refractivity contribution is 1.13. The van der Waals surface area contributed by atoms with Gasteiger partial charge in [-0.1, -0.05) is 133 Å². The van der Waals surface area contributed by atoms with Gasteiger partial charge in [-0.05, 0) is 109 Å². The summed E-state index contributed by atoms with van der Waals surface area (Å²) in [5.74, 6) is 0. The number of rotatable bonds is 4. The van der Waals surface area contributed by atoms with Crippen LogP contribution in [-0.4, -0.2) is 9.13 Å². The average molecular weight is 661 g/mol. The number of hydrogen-bond acceptors (Lipinski definition) is 0. The Kier molecular flexibility index (Phi) is 6.28. The van der Waals surface area contributed by atoms with E-state index in [4.69, 9.17) is 0 Å². The summed E-state index contributed by atoms with van der Waals surface area (Å²) < 4.78 is 4.75. The van der Waals surface area contributed by atoms with Crippen molar-refractivity contribution in [1.29, 1.82) is 0 Å². The smallest absolute Gasteiger partial charge is 0.0635 e. The fourth-order valence-electron chi connectivity index (χ4n) is 8.53. The normalized spacial score (nSPS) is 11.8. The minimum atomic E-state index is 1.15. The molecular weight excluding hydrogens is 629 g/mol. The molecule has 11 aromatic rings. The molecule has 0 radical (unpaired) electrons. The number of nitrogens with zero attached hydrogens (tertiary/aromatic N) is 2. The number of aromatic nitrogens is 2. The van der Waals surface area contributed by atoms with Crippen LogP contribution in [0.15, 0.2) is 194 Å². The summed E-state index contributed by atoms with van der Waals surface area (Å²) in [6.45, 7) is 0. The molecule has 0 amide bonds. The van der Waals surface area contributed by atoms with Gasteiger partial charge in [0, 0.05) is 33.7 Å². The second-order valence-electron chi connectivity index (χ2n) is 13.8. The highest BCUT2D eigenvalue weighted by Gasteiger charge is 2.18. The molecule has 0 fully saturated rings. The van der Waals surface area contributed by atoms with E-state index in [1.54, 1.807) is 0 Å². The van der Waals surface area contributed by atoms with E-state index < -0.39 is 0 Å². The molecule has 52 heavy (non-hydrogen) atoms. The molecule has 0 N–H and O–H groups in total. The lowest BCUT2D eigenvalue weighted by Gasteiger charge is -2.14. The number of hydrogen-bond donors (Lipinski definition) is 0. The van der Waals surface area contributed by atoms with Gasteiger partial charge in [-0.25, -0.2) is 0 Å². The van der Waals surface area contributed by atoms with Gasteiger partial charge in [0.2, 0.25) is 0 Å². The van der Waals surface area contributed by atoms with Crippen LogP contribution in [0.2, 0.25) is 0 Å². The predicted octanol–water partition coefficient (Wildman–Crippen LogP) is 13.5. The van der Waals surface area contributed by atoms with Gasteiger partial charge in [-0.15, -0.1) is 0 Å². The zero-order chi connectivity index (χ0) is 34.2. The first kappa shape index (κ1) is 28.9. The van der Waals surface area contributed by atoms with Gasteiger partial charge in [-0.3, -0.25) is 0 Å². The van der Waals surface area contributed by atoms with Crippen LogP contribution in [0.3, 0.4) is 0 Å². The van der Waals surface area contributed by atoms with Crippen molar-refractivity contribution in [2.75, 3.05) is 0 Å². The molecule has 0 saturated carbocycles. The fraction of sp³-hybridized carbons (Fsp3) is 0. The van der Waals surface area contributed by atoms with E-state index >= 15 is 0 Å². The van der Waals surface area contributed by atoms with E-state index in [1.165, 1.54) is 87.3 Å². The van der Waals surface area contributed by atoms with Crippen LogP contribution in [0.4, 0.5) is 0 Å². The Morgan fingerprint density at radius 3 is 1.54 bits per heavy atom. The van der Waals surface area contributed by atoms with Gasteiger partial charge in [-0.2, -0.15) is 0 Å². The maximum Gasteiger partial charge on any atom is 0.0635 e. The summed E-state index contributed by atoms with van der Waals surface area (Å²) in [6.07, 6.45) is 2.20. The summed E-state index contributed by atoms with van der Waals surface area (Å²) in [5, 5.41) is 11.5. The summed E-state index contributed by atoms with van der Waals surface area (Å²) in [4.78, 5) is 0. The van der Waals surface area contributed by atoms with Crippen molar-refractivity contribution in [3.05, 3.63) is 194 Å². The standard InChI is InChI=1S/C50H32N2/c1-3-12-33(13-4-1)35-22-24-41-42-25-23-36(32-47(42)40-19-8-7-18-39(40)46(41)31-35)34-14-11-17-38(30-34)52-49-21-10-9-20-43(49)44-26-27-48-45(50(44)52)28-29-51(48)37-15-5-2-6-16-37/h1-32H. The highest BCUT2D eigenvalue weighted by atomic mass is 15.0. The van der Waals surface area contributed by atoms with Crippen LogP contribution in [-0.2, 0) is 0 Å². The second-order valence-corrected chi connectivity index (χ2v) is 13.8. The molecule has 2 heterocycles. The van der Waals surface area contributed by atoms with Crippen molar-refractivity contribution >= 4 is 65.0 Å². The quantitative estimate of drug-likeness (QED) is 0.166. The maximum absolute atomic E-state index is 2.46. The number of benzene rings is 9. The van der Waals surface area contributed by atoms with Gasteiger partial charge >= 0.3 is 0 Å². The van der Waals surface area contributed by atoms with Gasteiger partial charge in [0.15, 0.2) is 0 Å². The van der Waals surface area contributed by atoms with Gasteiger partial charge in [0.05, 0.1) is 16.6 Å². The van der Waals surface area contributed by atoms with Crippen LogP contribution in [0, 0.1) is 0 Å². The Balaban J connectivity index is 1.11. The zero-order valence-electron chi connectivity index (χ0n) is 28.4. The molecule has 0 aliphatic carbocycles. The molecule has 2 heteroatoms. The number of para-hydroxylation sites is 2. The van der Waals surface area contributed by atoms with Crippen molar-refractivity contribution in [2.24, 2.45) is 0 Å². The molecule has 0 aliphatic heterocycles. The van der Waals surface area contributed by atoms with Crippen LogP contribution in [0.25, 0.3) is 98.7 Å². The van der Waals surface area contributed by atoms with Crippen molar-refractivity contribution in [2.45, 2.75) is 0 Å². The Hall–Kier alpha value is -6.90. The lowest BCUT2D eigenvalue weighted by atomic mass is 9.90. The minimum absolute atomic E-state index is 1.15. The van der Waals surface area contributed by atoms with Crippen molar-refractivity contribution in [1.82, 2.24) is 9.13 Å². The van der Waals surface area contributed by atoms with E-state index in [1.807, 2.05) is 0 Å². The highest BCUT2D eigenvalue weighted by molar-refractivity contribution is 6.26. The first-order valence-corrected chi connectivity index (χ1v) is 17.9. The van der Waals surface area contributed by atoms with E-state index in [0.717, 1.165) is 11.4 Å². The van der Waals surface area contributed by atoms with Gasteiger partial charge in [0.1, 0.15) is 0 Å². The topological polar surface area (TPSA) is 9.86 Å². The third kappa shape index (κ3) is 4.31. The second kappa shape index (κ2) is 11.3. The van der Waals surface area contributed by atoms with E-state index in [-0.39, 0.29) is 0 Å². The van der Waals surface area contributed by atoms with Crippen molar-refractivity contribution in [3.63, 3.8) is 0 Å². The summed E-state index contributed by atoms with van der Waals surface area (Å²) >= 11 is 0. The fourth-order valence-corrected chi connectivity index (χ4v) is 8.53. The zero-order valence-corrected chi connectivity index (χ0v) is 28.4. The summed E-state index contributed by atoms with van der Waals surface area (Å²) in [5.41, 5.74) is 10.8. The largest absolute Gasteiger partial charge is 0.316 e.